The summed E-state index contributed by atoms with van der Waals surface area (Å²) in [5.41, 5.74) is 0. The van der Waals surface area contributed by atoms with Crippen LogP contribution in [0.4, 0.5) is 4.79 Å². The van der Waals surface area contributed by atoms with Gasteiger partial charge >= 0.3 is 12.0 Å². The Labute approximate surface area is 106 Å². The van der Waals surface area contributed by atoms with Crippen LogP contribution < -0.4 is 0 Å². The summed E-state index contributed by atoms with van der Waals surface area (Å²) < 4.78 is 5.21. The second-order valence-corrected chi connectivity index (χ2v) is 4.84. The maximum atomic E-state index is 12.4. The first-order valence-electron chi connectivity index (χ1n) is 6.53. The monoisotopic (exact) mass is 256 g/mol. The van der Waals surface area contributed by atoms with Gasteiger partial charge in [0.15, 0.2) is 0 Å². The van der Waals surface area contributed by atoms with Crippen LogP contribution in [0.2, 0.25) is 0 Å². The van der Waals surface area contributed by atoms with E-state index in [1.165, 1.54) is 4.90 Å². The van der Waals surface area contributed by atoms with Crippen LogP contribution in [0.3, 0.4) is 0 Å². The summed E-state index contributed by atoms with van der Waals surface area (Å²) in [6.45, 7) is 2.00. The molecule has 2 fully saturated rings. The first kappa shape index (κ1) is 13.1. The molecule has 6 nitrogen and oxygen atoms in total. The second-order valence-electron chi connectivity index (χ2n) is 4.84. The van der Waals surface area contributed by atoms with Crippen molar-refractivity contribution in [1.29, 1.82) is 0 Å². The highest BCUT2D eigenvalue weighted by Gasteiger charge is 2.31. The van der Waals surface area contributed by atoms with E-state index in [2.05, 4.69) is 0 Å². The van der Waals surface area contributed by atoms with Crippen molar-refractivity contribution in [2.45, 2.75) is 31.7 Å². The van der Waals surface area contributed by atoms with Gasteiger partial charge in [-0.25, -0.2) is 4.79 Å². The predicted molar refractivity (Wildman–Crippen MR) is 64.4 cm³/mol. The van der Waals surface area contributed by atoms with Crippen molar-refractivity contribution in [3.05, 3.63) is 0 Å². The number of nitrogens with zero attached hydrogens (tertiary/aromatic N) is 2. The molecule has 0 aromatic heterocycles. The van der Waals surface area contributed by atoms with E-state index < -0.39 is 5.97 Å². The third-order valence-corrected chi connectivity index (χ3v) is 3.60. The Kier molecular flexibility index (Phi) is 4.41. The molecular formula is C12H20N2O4. The van der Waals surface area contributed by atoms with Crippen LogP contribution in [0, 0.1) is 0 Å². The minimum absolute atomic E-state index is 0.0939. The lowest BCUT2D eigenvalue weighted by atomic mass is 10.2. The lowest BCUT2D eigenvalue weighted by Gasteiger charge is -2.35. The predicted octanol–water partition coefficient (Wildman–Crippen LogP) is 0.768. The number of hydrogen-bond donors (Lipinski definition) is 1. The highest BCUT2D eigenvalue weighted by atomic mass is 16.5. The van der Waals surface area contributed by atoms with Gasteiger partial charge in [0.05, 0.1) is 13.2 Å². The number of carbonyl (C=O) groups excluding carboxylic acids is 1. The molecule has 1 aliphatic carbocycles. The molecule has 1 N–H and O–H groups in total. The molecule has 2 aliphatic rings. The van der Waals surface area contributed by atoms with Crippen molar-refractivity contribution in [2.75, 3.05) is 32.8 Å². The maximum Gasteiger partial charge on any atom is 0.323 e. The highest BCUT2D eigenvalue weighted by molar-refractivity contribution is 5.80. The molecule has 102 valence electrons. The SMILES string of the molecule is O=C(O)CN(C(=O)N1CCOCC1)C1CCCC1. The van der Waals surface area contributed by atoms with Crippen LogP contribution in [0.15, 0.2) is 0 Å². The van der Waals surface area contributed by atoms with Gasteiger partial charge in [-0.3, -0.25) is 4.79 Å². The number of ether oxygens (including phenoxy) is 1. The third-order valence-electron chi connectivity index (χ3n) is 3.60. The molecule has 1 heterocycles. The molecule has 2 rings (SSSR count). The Hall–Kier alpha value is -1.30. The Balaban J connectivity index is 2.01. The second kappa shape index (κ2) is 6.04. The lowest BCUT2D eigenvalue weighted by Crippen LogP contribution is -2.52. The number of aliphatic carboxylic acids is 1. The molecule has 0 unspecified atom stereocenters. The maximum absolute atomic E-state index is 12.4. The molecule has 18 heavy (non-hydrogen) atoms. The Morgan fingerprint density at radius 1 is 1.22 bits per heavy atom. The molecule has 0 bridgehead atoms. The van der Waals surface area contributed by atoms with Crippen LogP contribution >= 0.6 is 0 Å². The molecule has 0 radical (unpaired) electrons. The summed E-state index contributed by atoms with van der Waals surface area (Å²) in [6, 6.07) is -0.0518. The van der Waals surface area contributed by atoms with E-state index in [0.29, 0.717) is 26.3 Å². The van der Waals surface area contributed by atoms with Crippen LogP contribution in [-0.2, 0) is 9.53 Å². The van der Waals surface area contributed by atoms with Gasteiger partial charge in [0.25, 0.3) is 0 Å². The first-order valence-corrected chi connectivity index (χ1v) is 6.53. The smallest absolute Gasteiger partial charge is 0.323 e. The van der Waals surface area contributed by atoms with E-state index in [0.717, 1.165) is 25.7 Å². The van der Waals surface area contributed by atoms with Crippen LogP contribution in [0.5, 0.6) is 0 Å². The Morgan fingerprint density at radius 2 is 1.83 bits per heavy atom. The van der Waals surface area contributed by atoms with Crippen LogP contribution in [0.1, 0.15) is 25.7 Å². The average Bonchev–Trinajstić information content (AvgIpc) is 2.89. The standard InChI is InChI=1S/C12H20N2O4/c15-11(16)9-14(10-3-1-2-4-10)12(17)13-5-7-18-8-6-13/h10H,1-9H2,(H,15,16). The minimum Gasteiger partial charge on any atom is -0.480 e. The number of carboxylic acid groups (broad SMARTS) is 1. The third kappa shape index (κ3) is 3.13. The molecule has 6 heteroatoms. The Bertz CT molecular complexity index is 309. The Morgan fingerprint density at radius 3 is 2.39 bits per heavy atom. The zero-order valence-electron chi connectivity index (χ0n) is 10.5. The van der Waals surface area contributed by atoms with E-state index in [1.54, 1.807) is 4.90 Å². The number of morpholine rings is 1. The molecule has 1 saturated heterocycles. The fourth-order valence-corrected chi connectivity index (χ4v) is 2.65. The molecule has 0 atom stereocenters. The molecular weight excluding hydrogens is 236 g/mol. The van der Waals surface area contributed by atoms with Crippen molar-refractivity contribution in [1.82, 2.24) is 9.80 Å². The van der Waals surface area contributed by atoms with Gasteiger partial charge in [0.1, 0.15) is 6.54 Å². The van der Waals surface area contributed by atoms with Crippen molar-refractivity contribution in [2.24, 2.45) is 0 Å². The van der Waals surface area contributed by atoms with Gasteiger partial charge in [-0.2, -0.15) is 0 Å². The zero-order valence-corrected chi connectivity index (χ0v) is 10.5. The van der Waals surface area contributed by atoms with Crippen molar-refractivity contribution in [3.8, 4) is 0 Å². The summed E-state index contributed by atoms with van der Waals surface area (Å²) >= 11 is 0. The number of rotatable bonds is 3. The highest BCUT2D eigenvalue weighted by Crippen LogP contribution is 2.24. The quantitative estimate of drug-likeness (QED) is 0.809. The van der Waals surface area contributed by atoms with Crippen LogP contribution in [0.25, 0.3) is 0 Å². The van der Waals surface area contributed by atoms with Gasteiger partial charge in [-0.1, -0.05) is 12.8 Å². The molecule has 2 amide bonds. The molecule has 0 spiro atoms. The van der Waals surface area contributed by atoms with E-state index >= 15 is 0 Å². The summed E-state index contributed by atoms with van der Waals surface area (Å²) in [5, 5.41) is 8.95. The molecule has 1 saturated carbocycles. The van der Waals surface area contributed by atoms with Gasteiger partial charge < -0.3 is 19.6 Å². The van der Waals surface area contributed by atoms with Crippen molar-refractivity contribution >= 4 is 12.0 Å². The van der Waals surface area contributed by atoms with E-state index in [9.17, 15) is 9.59 Å². The molecule has 1 aliphatic heterocycles. The fraction of sp³-hybridized carbons (Fsp3) is 0.833. The number of carbonyl (C=O) groups is 2. The zero-order chi connectivity index (χ0) is 13.0. The largest absolute Gasteiger partial charge is 0.480 e. The summed E-state index contributed by atoms with van der Waals surface area (Å²) in [4.78, 5) is 26.5. The average molecular weight is 256 g/mol. The number of urea groups is 1. The minimum atomic E-state index is -0.941. The van der Waals surface area contributed by atoms with Crippen molar-refractivity contribution in [3.63, 3.8) is 0 Å². The topological polar surface area (TPSA) is 70.1 Å². The summed E-state index contributed by atoms with van der Waals surface area (Å²) in [6.07, 6.45) is 4.00. The van der Waals surface area contributed by atoms with Gasteiger partial charge in [-0.15, -0.1) is 0 Å². The van der Waals surface area contributed by atoms with E-state index in [-0.39, 0.29) is 18.6 Å². The fourth-order valence-electron chi connectivity index (χ4n) is 2.65. The van der Waals surface area contributed by atoms with Crippen molar-refractivity contribution < 1.29 is 19.4 Å². The van der Waals surface area contributed by atoms with E-state index in [1.807, 2.05) is 0 Å². The molecule has 0 aromatic carbocycles. The van der Waals surface area contributed by atoms with Gasteiger partial charge in [0, 0.05) is 19.1 Å². The van der Waals surface area contributed by atoms with E-state index in [4.69, 9.17) is 9.84 Å². The van der Waals surface area contributed by atoms with Gasteiger partial charge in [-0.05, 0) is 12.8 Å². The first-order chi connectivity index (χ1) is 8.68. The van der Waals surface area contributed by atoms with Crippen LogP contribution in [-0.4, -0.2) is 65.8 Å². The summed E-state index contributed by atoms with van der Waals surface area (Å²) in [7, 11) is 0. The number of amides is 2. The lowest BCUT2D eigenvalue weighted by molar-refractivity contribution is -0.138. The van der Waals surface area contributed by atoms with Gasteiger partial charge in [0.2, 0.25) is 0 Å². The number of hydrogen-bond acceptors (Lipinski definition) is 3. The normalized spacial score (nSPS) is 21.0. The number of carboxylic acids is 1. The molecule has 0 aromatic rings. The summed E-state index contributed by atoms with van der Waals surface area (Å²) in [5.74, 6) is -0.941.